The first kappa shape index (κ1) is 25.2. The van der Waals surface area contributed by atoms with Gasteiger partial charge in [0.25, 0.3) is 11.8 Å². The largest absolute Gasteiger partial charge is 0.477 e. The van der Waals surface area contributed by atoms with E-state index < -0.39 is 35.2 Å². The molecule has 0 saturated carbocycles. The number of oxime groups is 1. The summed E-state index contributed by atoms with van der Waals surface area (Å²) < 4.78 is 3.08. The smallest absolute Gasteiger partial charge is 0.359 e. The Morgan fingerprint density at radius 1 is 1.32 bits per heavy atom. The summed E-state index contributed by atoms with van der Waals surface area (Å²) in [5, 5.41) is 26.9. The minimum atomic E-state index is -1.30. The quantitative estimate of drug-likeness (QED) is 0.124. The summed E-state index contributed by atoms with van der Waals surface area (Å²) in [4.78, 5) is 59.8. The number of nitrogen functional groups attached to an aromatic ring is 1. The highest BCUT2D eigenvalue weighted by Gasteiger charge is 2.54. The fraction of sp³-hybridized carbons (Fsp3) is 0.227. The molecule has 0 unspecified atom stereocenters. The second kappa shape index (κ2) is 9.79. The molecule has 2 aliphatic heterocycles. The Labute approximate surface area is 222 Å². The van der Waals surface area contributed by atoms with Gasteiger partial charge in [0.05, 0.1) is 0 Å². The molecular weight excluding hydrogens is 538 g/mol. The van der Waals surface area contributed by atoms with Crippen molar-refractivity contribution >= 4 is 63.2 Å². The number of aromatic nitrogens is 3. The highest BCUT2D eigenvalue weighted by atomic mass is 32.2. The van der Waals surface area contributed by atoms with Crippen LogP contribution in [0.15, 0.2) is 52.5 Å². The number of nitrogens with zero attached hydrogens (tertiary/aromatic N) is 5. The summed E-state index contributed by atoms with van der Waals surface area (Å²) in [5.41, 5.74) is 6.50. The predicted molar refractivity (Wildman–Crippen MR) is 134 cm³/mol. The van der Waals surface area contributed by atoms with Crippen LogP contribution in [0.2, 0.25) is 0 Å². The lowest BCUT2D eigenvalue weighted by Gasteiger charge is -2.49. The third-order valence-electron chi connectivity index (χ3n) is 5.92. The molecule has 0 aliphatic carbocycles. The van der Waals surface area contributed by atoms with Crippen molar-refractivity contribution in [3.63, 3.8) is 0 Å². The van der Waals surface area contributed by atoms with E-state index in [1.54, 1.807) is 29.1 Å². The molecule has 0 spiro atoms. The van der Waals surface area contributed by atoms with Crippen LogP contribution < -0.4 is 15.6 Å². The molecule has 16 heteroatoms. The molecule has 38 heavy (non-hydrogen) atoms. The summed E-state index contributed by atoms with van der Waals surface area (Å²) >= 11 is 2.39. The first-order chi connectivity index (χ1) is 18.2. The Bertz CT molecular complexity index is 1560. The lowest BCUT2D eigenvalue weighted by Crippen LogP contribution is -2.71. The van der Waals surface area contributed by atoms with Gasteiger partial charge in [-0.2, -0.15) is 4.57 Å². The van der Waals surface area contributed by atoms with Crippen molar-refractivity contribution in [1.82, 2.24) is 19.6 Å². The average molecular weight is 559 g/mol. The number of amides is 2. The molecule has 0 aromatic carbocycles. The predicted octanol–water partition coefficient (Wildman–Crippen LogP) is -0.247. The number of fused-ring (bicyclic) bond motifs is 2. The fourth-order valence-corrected chi connectivity index (χ4v) is 6.20. The number of thioether (sulfide) groups is 1. The molecule has 2 atom stereocenters. The van der Waals surface area contributed by atoms with Crippen LogP contribution in [0.5, 0.6) is 0 Å². The fourth-order valence-electron chi connectivity index (χ4n) is 4.32. The second-order valence-corrected chi connectivity index (χ2v) is 10.2. The van der Waals surface area contributed by atoms with Crippen LogP contribution in [-0.4, -0.2) is 78.2 Å². The number of aromatic carboxylic acids is 1. The maximum Gasteiger partial charge on any atom is 0.359 e. The molecular formula is C22H20N7O7S2+. The van der Waals surface area contributed by atoms with Gasteiger partial charge in [-0.1, -0.05) is 5.16 Å². The zero-order valence-corrected chi connectivity index (χ0v) is 21.2. The molecule has 3 aromatic rings. The van der Waals surface area contributed by atoms with Crippen molar-refractivity contribution in [2.75, 3.05) is 18.6 Å². The molecule has 0 radical (unpaired) electrons. The number of β-lactam (4-membered cyclic amide) rings is 1. The Balaban J connectivity index is 1.39. The number of nitrogens with one attached hydrogen (secondary N) is 1. The van der Waals surface area contributed by atoms with Crippen LogP contribution in [0.25, 0.3) is 5.52 Å². The standard InChI is InChI=1S/C22H19N7O7S2/c1-36-26-14(12-9-38-22(23)24-12)17(30)25-15-18(31)29-16(21(34)35)10(8-37-19(15)29)5-27-6-11-3-2-4-28(11)13(7-27)20(32)33/h2-4,6-7,9,15,19H,5,8H2,1H3,(H4-,23,24,25,30,32,33,34,35)/p+1/t15-,19+/m1/s1. The van der Waals surface area contributed by atoms with E-state index in [0.717, 1.165) is 16.2 Å². The molecule has 3 aromatic heterocycles. The van der Waals surface area contributed by atoms with Crippen LogP contribution in [0.3, 0.4) is 0 Å². The van der Waals surface area contributed by atoms with E-state index in [-0.39, 0.29) is 40.2 Å². The van der Waals surface area contributed by atoms with Crippen LogP contribution in [0.1, 0.15) is 16.2 Å². The number of carboxylic acid groups (broad SMARTS) is 2. The van der Waals surface area contributed by atoms with E-state index in [2.05, 4.69) is 15.5 Å². The number of hydrogen-bond acceptors (Lipinski definition) is 10. The van der Waals surface area contributed by atoms with E-state index in [4.69, 9.17) is 10.6 Å². The number of nitrogens with two attached hydrogens (primary N) is 1. The lowest BCUT2D eigenvalue weighted by atomic mass is 10.0. The van der Waals surface area contributed by atoms with Crippen molar-refractivity contribution in [1.29, 1.82) is 0 Å². The van der Waals surface area contributed by atoms with Gasteiger partial charge >= 0.3 is 11.9 Å². The lowest BCUT2D eigenvalue weighted by molar-refractivity contribution is -0.688. The number of carbonyl (C=O) groups is 4. The van der Waals surface area contributed by atoms with Crippen molar-refractivity contribution in [2.45, 2.75) is 18.0 Å². The van der Waals surface area contributed by atoms with Crippen LogP contribution >= 0.6 is 23.1 Å². The molecule has 2 amide bonds. The SMILES string of the molecule is CON=C(C(=O)N[C@@H]1C(=O)N2C(C(=O)O)=C(C[n+]3cc(C(=O)O)n4cccc4c3)CS[C@@H]12)c1csc(N)n1. The maximum atomic E-state index is 13.1. The number of carbonyl (C=O) groups excluding carboxylic acids is 2. The van der Waals surface area contributed by atoms with Crippen LogP contribution in [-0.2, 0) is 25.8 Å². The molecule has 5 heterocycles. The number of thiazole rings is 1. The first-order valence-corrected chi connectivity index (χ1v) is 12.9. The van der Waals surface area contributed by atoms with E-state index in [0.29, 0.717) is 11.1 Å². The summed E-state index contributed by atoms with van der Waals surface area (Å²) in [6, 6.07) is 2.44. The van der Waals surface area contributed by atoms with Crippen LogP contribution in [0.4, 0.5) is 5.13 Å². The Hall–Kier alpha value is -4.44. The summed E-state index contributed by atoms with van der Waals surface area (Å²) in [6.45, 7) is 0.0556. The van der Waals surface area contributed by atoms with Crippen LogP contribution in [0, 0.1) is 0 Å². The van der Waals surface area contributed by atoms with Gasteiger partial charge in [-0.3, -0.25) is 14.5 Å². The third kappa shape index (κ3) is 4.32. The van der Waals surface area contributed by atoms with Gasteiger partial charge in [0.15, 0.2) is 29.3 Å². The van der Waals surface area contributed by atoms with E-state index >= 15 is 0 Å². The average Bonchev–Trinajstić information content (AvgIpc) is 3.53. The molecule has 5 N–H and O–H groups in total. The molecule has 2 aliphatic rings. The first-order valence-electron chi connectivity index (χ1n) is 11.0. The molecule has 1 saturated heterocycles. The van der Waals surface area contributed by atoms with Gasteiger partial charge in [-0.25, -0.2) is 14.6 Å². The van der Waals surface area contributed by atoms with E-state index in [1.165, 1.54) is 34.8 Å². The van der Waals surface area contributed by atoms with Gasteiger partial charge in [-0.05, 0) is 12.1 Å². The molecule has 0 bridgehead atoms. The van der Waals surface area contributed by atoms with Crippen molar-refractivity contribution in [3.05, 3.63) is 58.8 Å². The molecule has 14 nitrogen and oxygen atoms in total. The van der Waals surface area contributed by atoms with Gasteiger partial charge in [0, 0.05) is 22.9 Å². The highest BCUT2D eigenvalue weighted by Crippen LogP contribution is 2.40. The normalized spacial score (nSPS) is 19.2. The highest BCUT2D eigenvalue weighted by molar-refractivity contribution is 8.00. The van der Waals surface area contributed by atoms with Gasteiger partial charge in [0.2, 0.25) is 6.20 Å². The number of hydrogen-bond donors (Lipinski definition) is 4. The zero-order chi connectivity index (χ0) is 27.1. The maximum absolute atomic E-state index is 13.1. The third-order valence-corrected chi connectivity index (χ3v) is 7.93. The second-order valence-electron chi connectivity index (χ2n) is 8.24. The number of carboxylic acids is 2. The molecule has 5 rings (SSSR count). The van der Waals surface area contributed by atoms with Crippen molar-refractivity contribution in [3.8, 4) is 0 Å². The van der Waals surface area contributed by atoms with Gasteiger partial charge in [0.1, 0.15) is 35.4 Å². The summed E-state index contributed by atoms with van der Waals surface area (Å²) in [6.07, 6.45) is 4.71. The summed E-state index contributed by atoms with van der Waals surface area (Å²) in [5.74, 6) is -3.52. The van der Waals surface area contributed by atoms with E-state index in [1.807, 2.05) is 0 Å². The molecule has 1 fully saturated rings. The van der Waals surface area contributed by atoms with Crippen molar-refractivity contribution < 1.29 is 38.8 Å². The minimum absolute atomic E-state index is 0.00418. The Kier molecular flexibility index (Phi) is 6.50. The van der Waals surface area contributed by atoms with E-state index in [9.17, 15) is 29.4 Å². The Morgan fingerprint density at radius 2 is 2.11 bits per heavy atom. The zero-order valence-electron chi connectivity index (χ0n) is 19.6. The van der Waals surface area contributed by atoms with Gasteiger partial charge < -0.3 is 30.5 Å². The number of anilines is 1. The minimum Gasteiger partial charge on any atom is -0.477 e. The topological polar surface area (TPSA) is 193 Å². The van der Waals surface area contributed by atoms with Gasteiger partial charge in [-0.15, -0.1) is 23.1 Å². The Morgan fingerprint density at radius 3 is 2.76 bits per heavy atom. The summed E-state index contributed by atoms with van der Waals surface area (Å²) in [7, 11) is 1.26. The van der Waals surface area contributed by atoms with Crippen molar-refractivity contribution in [2.24, 2.45) is 5.16 Å². The number of aliphatic carboxylic acids is 1. The number of rotatable bonds is 8. The monoisotopic (exact) mass is 558 g/mol. The molecule has 196 valence electrons.